The lowest BCUT2D eigenvalue weighted by Gasteiger charge is -2.09. The SMILES string of the molecule is Cc1c(C(=O)Nc2cccc3c(O)cccc23)oc2ccccc12. The second-order valence-electron chi connectivity index (χ2n) is 5.68. The maximum Gasteiger partial charge on any atom is 0.291 e. The first-order valence-electron chi connectivity index (χ1n) is 7.65. The predicted octanol–water partition coefficient (Wildman–Crippen LogP) is 4.85. The molecule has 0 atom stereocenters. The topological polar surface area (TPSA) is 62.5 Å². The zero-order chi connectivity index (χ0) is 16.7. The summed E-state index contributed by atoms with van der Waals surface area (Å²) in [6.07, 6.45) is 0. The number of aromatic hydroxyl groups is 1. The summed E-state index contributed by atoms with van der Waals surface area (Å²) in [5.41, 5.74) is 2.13. The van der Waals surface area contributed by atoms with Gasteiger partial charge in [0.05, 0.1) is 0 Å². The number of furan rings is 1. The number of anilines is 1. The number of amides is 1. The Balaban J connectivity index is 1.76. The lowest BCUT2D eigenvalue weighted by molar-refractivity contribution is 0.0998. The quantitative estimate of drug-likeness (QED) is 0.555. The molecule has 0 bridgehead atoms. The largest absolute Gasteiger partial charge is 0.507 e. The number of phenolic OH excluding ortho intramolecular Hbond substituents is 1. The molecule has 4 heteroatoms. The fourth-order valence-corrected chi connectivity index (χ4v) is 2.97. The van der Waals surface area contributed by atoms with Crippen molar-refractivity contribution in [2.75, 3.05) is 5.32 Å². The van der Waals surface area contributed by atoms with Crippen molar-refractivity contribution >= 4 is 33.3 Å². The molecule has 0 aliphatic heterocycles. The average Bonchev–Trinajstić information content (AvgIpc) is 2.93. The Morgan fingerprint density at radius 1 is 0.917 bits per heavy atom. The van der Waals surface area contributed by atoms with Crippen LogP contribution in [0.25, 0.3) is 21.7 Å². The van der Waals surface area contributed by atoms with E-state index in [0.717, 1.165) is 16.3 Å². The summed E-state index contributed by atoms with van der Waals surface area (Å²) in [4.78, 5) is 12.7. The van der Waals surface area contributed by atoms with Gasteiger partial charge in [0.1, 0.15) is 11.3 Å². The number of phenols is 1. The van der Waals surface area contributed by atoms with Gasteiger partial charge in [0, 0.05) is 27.4 Å². The lowest BCUT2D eigenvalue weighted by atomic mass is 10.1. The lowest BCUT2D eigenvalue weighted by Crippen LogP contribution is -2.12. The zero-order valence-electron chi connectivity index (χ0n) is 13.0. The van der Waals surface area contributed by atoms with Crippen LogP contribution in [0.4, 0.5) is 5.69 Å². The molecule has 2 N–H and O–H groups in total. The van der Waals surface area contributed by atoms with E-state index in [-0.39, 0.29) is 11.7 Å². The molecule has 3 aromatic carbocycles. The molecule has 0 radical (unpaired) electrons. The van der Waals surface area contributed by atoms with Gasteiger partial charge in [0.25, 0.3) is 5.91 Å². The van der Waals surface area contributed by atoms with Crippen molar-refractivity contribution in [1.29, 1.82) is 0 Å². The summed E-state index contributed by atoms with van der Waals surface area (Å²) in [6.45, 7) is 1.87. The Hall–Kier alpha value is -3.27. The van der Waals surface area contributed by atoms with E-state index in [1.165, 1.54) is 0 Å². The van der Waals surface area contributed by atoms with Crippen LogP contribution in [0, 0.1) is 6.92 Å². The summed E-state index contributed by atoms with van der Waals surface area (Å²) in [7, 11) is 0. The Labute approximate surface area is 138 Å². The van der Waals surface area contributed by atoms with E-state index in [9.17, 15) is 9.90 Å². The standard InChI is InChI=1S/C20H15NO3/c1-12-13-6-2-3-11-18(13)24-19(12)20(23)21-16-9-4-8-15-14(16)7-5-10-17(15)22/h2-11,22H,1H3,(H,21,23). The fourth-order valence-electron chi connectivity index (χ4n) is 2.97. The highest BCUT2D eigenvalue weighted by atomic mass is 16.3. The van der Waals surface area contributed by atoms with Crippen LogP contribution in [0.5, 0.6) is 5.75 Å². The third-order valence-electron chi connectivity index (χ3n) is 4.20. The van der Waals surface area contributed by atoms with Gasteiger partial charge < -0.3 is 14.8 Å². The van der Waals surface area contributed by atoms with Gasteiger partial charge in [0.2, 0.25) is 0 Å². The zero-order valence-corrected chi connectivity index (χ0v) is 13.0. The summed E-state index contributed by atoms with van der Waals surface area (Å²) < 4.78 is 5.71. The molecule has 4 nitrogen and oxygen atoms in total. The predicted molar refractivity (Wildman–Crippen MR) is 94.5 cm³/mol. The maximum atomic E-state index is 12.7. The van der Waals surface area contributed by atoms with Crippen LogP contribution in [0.15, 0.2) is 65.1 Å². The van der Waals surface area contributed by atoms with Crippen LogP contribution < -0.4 is 5.32 Å². The molecule has 0 saturated heterocycles. The van der Waals surface area contributed by atoms with E-state index in [0.29, 0.717) is 22.4 Å². The first-order chi connectivity index (χ1) is 11.6. The molecule has 118 valence electrons. The number of aryl methyl sites for hydroxylation is 1. The van der Waals surface area contributed by atoms with Crippen molar-refractivity contribution in [1.82, 2.24) is 0 Å². The van der Waals surface area contributed by atoms with Crippen molar-refractivity contribution in [2.45, 2.75) is 6.92 Å². The van der Waals surface area contributed by atoms with Crippen molar-refractivity contribution in [3.63, 3.8) is 0 Å². The molecule has 24 heavy (non-hydrogen) atoms. The van der Waals surface area contributed by atoms with Gasteiger partial charge in [-0.15, -0.1) is 0 Å². The number of hydrogen-bond acceptors (Lipinski definition) is 3. The first-order valence-corrected chi connectivity index (χ1v) is 7.65. The summed E-state index contributed by atoms with van der Waals surface area (Å²) in [5.74, 6) is 0.177. The molecule has 4 rings (SSSR count). The fraction of sp³-hybridized carbons (Fsp3) is 0.0500. The Kier molecular flexibility index (Phi) is 3.24. The minimum Gasteiger partial charge on any atom is -0.507 e. The van der Waals surface area contributed by atoms with Gasteiger partial charge in [-0.1, -0.05) is 42.5 Å². The average molecular weight is 317 g/mol. The monoisotopic (exact) mass is 317 g/mol. The highest BCUT2D eigenvalue weighted by Crippen LogP contribution is 2.31. The number of benzene rings is 3. The molecule has 0 aliphatic rings. The Morgan fingerprint density at radius 2 is 1.62 bits per heavy atom. The van der Waals surface area contributed by atoms with E-state index in [1.54, 1.807) is 24.3 Å². The maximum absolute atomic E-state index is 12.7. The number of carbonyl (C=O) groups is 1. The van der Waals surface area contributed by atoms with Crippen LogP contribution in [0.1, 0.15) is 16.1 Å². The molecule has 0 saturated carbocycles. The molecule has 0 aliphatic carbocycles. The highest BCUT2D eigenvalue weighted by molar-refractivity contribution is 6.10. The van der Waals surface area contributed by atoms with Gasteiger partial charge in [-0.3, -0.25) is 4.79 Å². The molecule has 1 aromatic heterocycles. The van der Waals surface area contributed by atoms with E-state index in [2.05, 4.69) is 5.32 Å². The number of nitrogens with one attached hydrogen (secondary N) is 1. The normalized spacial score (nSPS) is 11.0. The number of carbonyl (C=O) groups excluding carboxylic acids is 1. The number of hydrogen-bond donors (Lipinski definition) is 2. The van der Waals surface area contributed by atoms with Gasteiger partial charge in [-0.05, 0) is 25.1 Å². The number of fused-ring (bicyclic) bond motifs is 2. The highest BCUT2D eigenvalue weighted by Gasteiger charge is 2.18. The van der Waals surface area contributed by atoms with Crippen LogP contribution in [-0.4, -0.2) is 11.0 Å². The molecule has 0 spiro atoms. The first kappa shape index (κ1) is 14.3. The van der Waals surface area contributed by atoms with Gasteiger partial charge >= 0.3 is 0 Å². The second-order valence-corrected chi connectivity index (χ2v) is 5.68. The van der Waals surface area contributed by atoms with E-state index < -0.39 is 0 Å². The summed E-state index contributed by atoms with van der Waals surface area (Å²) in [6, 6.07) is 18.2. The van der Waals surface area contributed by atoms with Crippen LogP contribution in [-0.2, 0) is 0 Å². The second kappa shape index (κ2) is 5.42. The molecule has 1 heterocycles. The third-order valence-corrected chi connectivity index (χ3v) is 4.20. The van der Waals surface area contributed by atoms with Crippen molar-refractivity contribution < 1.29 is 14.3 Å². The van der Waals surface area contributed by atoms with Crippen molar-refractivity contribution in [2.24, 2.45) is 0 Å². The van der Waals surface area contributed by atoms with E-state index in [4.69, 9.17) is 4.42 Å². The van der Waals surface area contributed by atoms with Gasteiger partial charge in [0.15, 0.2) is 5.76 Å². The van der Waals surface area contributed by atoms with Gasteiger partial charge in [-0.2, -0.15) is 0 Å². The van der Waals surface area contributed by atoms with Crippen molar-refractivity contribution in [3.05, 3.63) is 72.0 Å². The van der Waals surface area contributed by atoms with Crippen LogP contribution in [0.2, 0.25) is 0 Å². The van der Waals surface area contributed by atoms with Crippen LogP contribution >= 0.6 is 0 Å². The smallest absolute Gasteiger partial charge is 0.291 e. The van der Waals surface area contributed by atoms with Crippen LogP contribution in [0.3, 0.4) is 0 Å². The Bertz CT molecular complexity index is 1080. The number of rotatable bonds is 2. The molecular formula is C20H15NO3. The molecule has 1 amide bonds. The van der Waals surface area contributed by atoms with E-state index >= 15 is 0 Å². The number of para-hydroxylation sites is 1. The molecular weight excluding hydrogens is 302 g/mol. The Morgan fingerprint density at radius 3 is 2.46 bits per heavy atom. The minimum atomic E-state index is -0.306. The minimum absolute atomic E-state index is 0.184. The van der Waals surface area contributed by atoms with Gasteiger partial charge in [-0.25, -0.2) is 0 Å². The molecule has 4 aromatic rings. The van der Waals surface area contributed by atoms with E-state index in [1.807, 2.05) is 43.3 Å². The molecule has 0 unspecified atom stereocenters. The van der Waals surface area contributed by atoms with Crippen molar-refractivity contribution in [3.8, 4) is 5.75 Å². The molecule has 0 fully saturated rings. The summed E-state index contributed by atoms with van der Waals surface area (Å²) in [5, 5.41) is 15.2. The third kappa shape index (κ3) is 2.20. The summed E-state index contributed by atoms with van der Waals surface area (Å²) >= 11 is 0.